The number of ketones is 1. The summed E-state index contributed by atoms with van der Waals surface area (Å²) in [7, 11) is -4.97. The molecule has 1 heterocycles. The molecule has 0 aromatic heterocycles. The summed E-state index contributed by atoms with van der Waals surface area (Å²) in [5.74, 6) is -2.91. The highest BCUT2D eigenvalue weighted by molar-refractivity contribution is 7.89. The predicted octanol–water partition coefficient (Wildman–Crippen LogP) is 3.95. The molecule has 1 atom stereocenters. The number of rotatable bonds is 7. The van der Waals surface area contributed by atoms with E-state index in [1.165, 1.54) is 19.1 Å². The van der Waals surface area contributed by atoms with Crippen LogP contribution in [-0.2, 0) is 30.8 Å². The molecule has 2 aromatic carbocycles. The van der Waals surface area contributed by atoms with Gasteiger partial charge in [-0.15, -0.1) is 0 Å². The number of carbonyl (C=O) groups is 3. The van der Waals surface area contributed by atoms with Crippen molar-refractivity contribution in [2.75, 3.05) is 11.9 Å². The summed E-state index contributed by atoms with van der Waals surface area (Å²) < 4.78 is 73.2. The van der Waals surface area contributed by atoms with Gasteiger partial charge in [0, 0.05) is 31.3 Å². The van der Waals surface area contributed by atoms with Gasteiger partial charge in [0.05, 0.1) is 10.5 Å². The standard InChI is InChI=1S/C27H28F3N3O5S/c1-17(34)31-19-9-11-20(12-10-19)39(37,38)32-26(27(28,29)30)23-21(15-25(2,3)16-22(23)35)33(24(26)36)14-13-18-7-5-4-6-8-18/h4-12,32H,13-16H2,1-3H3,(H,31,34)/t26-/m1/s1. The van der Waals surface area contributed by atoms with E-state index in [4.69, 9.17) is 0 Å². The van der Waals surface area contributed by atoms with Gasteiger partial charge >= 0.3 is 6.18 Å². The van der Waals surface area contributed by atoms with Crippen molar-refractivity contribution < 1.29 is 36.0 Å². The summed E-state index contributed by atoms with van der Waals surface area (Å²) in [4.78, 5) is 38.6. The fourth-order valence-corrected chi connectivity index (χ4v) is 6.42. The van der Waals surface area contributed by atoms with Crippen LogP contribution in [-0.4, -0.2) is 49.2 Å². The first-order valence-corrected chi connectivity index (χ1v) is 13.7. The summed E-state index contributed by atoms with van der Waals surface area (Å²) in [5.41, 5.74) is -4.50. The highest BCUT2D eigenvalue weighted by Crippen LogP contribution is 2.52. The SMILES string of the molecule is CC(=O)Nc1ccc(S(=O)(=O)N[C@@]2(C(F)(F)F)C(=O)N(CCc3ccccc3)C3=C2C(=O)CC(C)(C)C3)cc1. The molecule has 208 valence electrons. The van der Waals surface area contributed by atoms with Gasteiger partial charge in [0.25, 0.3) is 5.91 Å². The summed E-state index contributed by atoms with van der Waals surface area (Å²) >= 11 is 0. The van der Waals surface area contributed by atoms with Crippen LogP contribution >= 0.6 is 0 Å². The average molecular weight is 564 g/mol. The second-order valence-corrected chi connectivity index (χ2v) is 12.2. The molecule has 0 unspecified atom stereocenters. The van der Waals surface area contributed by atoms with Crippen LogP contribution in [0.15, 0.2) is 70.8 Å². The summed E-state index contributed by atoms with van der Waals surface area (Å²) in [6.07, 6.45) is -5.56. The first-order valence-electron chi connectivity index (χ1n) is 12.2. The third-order valence-corrected chi connectivity index (χ3v) is 8.25. The molecular weight excluding hydrogens is 535 g/mol. The Morgan fingerprint density at radius 2 is 1.62 bits per heavy atom. The van der Waals surface area contributed by atoms with Crippen molar-refractivity contribution >= 4 is 33.3 Å². The Bertz CT molecular complexity index is 1450. The Morgan fingerprint density at radius 1 is 1.00 bits per heavy atom. The van der Waals surface area contributed by atoms with Crippen LogP contribution in [0.5, 0.6) is 0 Å². The van der Waals surface area contributed by atoms with E-state index in [2.05, 4.69) is 5.32 Å². The highest BCUT2D eigenvalue weighted by atomic mass is 32.2. The number of nitrogens with zero attached hydrogens (tertiary/aromatic N) is 1. The zero-order chi connectivity index (χ0) is 28.8. The molecule has 39 heavy (non-hydrogen) atoms. The minimum absolute atomic E-state index is 0.0143. The summed E-state index contributed by atoms with van der Waals surface area (Å²) in [6, 6.07) is 13.2. The number of carbonyl (C=O) groups excluding carboxylic acids is 3. The molecule has 2 aromatic rings. The van der Waals surface area contributed by atoms with Crippen LogP contribution in [0.2, 0.25) is 0 Å². The van der Waals surface area contributed by atoms with Crippen molar-refractivity contribution in [1.82, 2.24) is 9.62 Å². The lowest BCUT2D eigenvalue weighted by Gasteiger charge is -2.35. The summed E-state index contributed by atoms with van der Waals surface area (Å²) in [6.45, 7) is 4.49. The predicted molar refractivity (Wildman–Crippen MR) is 137 cm³/mol. The first kappa shape index (κ1) is 28.5. The van der Waals surface area contributed by atoms with E-state index in [1.807, 2.05) is 0 Å². The smallest absolute Gasteiger partial charge is 0.326 e. The Hall–Kier alpha value is -3.51. The Balaban J connectivity index is 1.81. The molecule has 1 aliphatic heterocycles. The van der Waals surface area contributed by atoms with E-state index in [1.54, 1.807) is 48.9 Å². The van der Waals surface area contributed by atoms with Crippen molar-refractivity contribution in [2.24, 2.45) is 5.41 Å². The van der Waals surface area contributed by atoms with Crippen LogP contribution in [0.3, 0.4) is 0 Å². The maximum atomic E-state index is 15.0. The second-order valence-electron chi connectivity index (χ2n) is 10.5. The fraction of sp³-hybridized carbons (Fsp3) is 0.370. The van der Waals surface area contributed by atoms with E-state index in [9.17, 15) is 36.0 Å². The van der Waals surface area contributed by atoms with Crippen LogP contribution in [0.1, 0.15) is 39.2 Å². The maximum Gasteiger partial charge on any atom is 0.421 e. The number of nitrogens with one attached hydrogen (secondary N) is 2. The molecule has 8 nitrogen and oxygen atoms in total. The van der Waals surface area contributed by atoms with Gasteiger partial charge in [0.1, 0.15) is 0 Å². The topological polar surface area (TPSA) is 113 Å². The van der Waals surface area contributed by atoms with Gasteiger partial charge < -0.3 is 10.2 Å². The quantitative estimate of drug-likeness (QED) is 0.530. The zero-order valence-electron chi connectivity index (χ0n) is 21.6. The average Bonchev–Trinajstić information content (AvgIpc) is 3.05. The van der Waals surface area contributed by atoms with Crippen LogP contribution in [0.25, 0.3) is 0 Å². The third-order valence-electron chi connectivity index (χ3n) is 6.78. The minimum Gasteiger partial charge on any atom is -0.326 e. The van der Waals surface area contributed by atoms with Gasteiger partial charge in [0.15, 0.2) is 5.78 Å². The van der Waals surface area contributed by atoms with Gasteiger partial charge in [-0.25, -0.2) is 8.42 Å². The van der Waals surface area contributed by atoms with Crippen LogP contribution in [0.4, 0.5) is 18.9 Å². The molecule has 0 fully saturated rings. The molecular formula is C27H28F3N3O5S. The normalized spacial score (nSPS) is 21.2. The van der Waals surface area contributed by atoms with Gasteiger partial charge in [-0.3, -0.25) is 14.4 Å². The largest absolute Gasteiger partial charge is 0.421 e. The summed E-state index contributed by atoms with van der Waals surface area (Å²) in [5, 5.41) is 2.43. The minimum atomic E-state index is -5.47. The lowest BCUT2D eigenvalue weighted by Crippen LogP contribution is -2.66. The van der Waals surface area contributed by atoms with E-state index in [0.717, 1.165) is 22.6 Å². The number of hydrogen-bond acceptors (Lipinski definition) is 5. The number of amides is 2. The van der Waals surface area contributed by atoms with Crippen molar-refractivity contribution in [3.05, 3.63) is 71.4 Å². The molecule has 0 bridgehead atoms. The fourth-order valence-electron chi connectivity index (χ4n) is 5.09. The molecule has 2 aliphatic rings. The lowest BCUT2D eigenvalue weighted by molar-refractivity contribution is -0.188. The lowest BCUT2D eigenvalue weighted by atomic mass is 9.72. The van der Waals surface area contributed by atoms with Crippen LogP contribution < -0.4 is 10.0 Å². The van der Waals surface area contributed by atoms with Gasteiger partial charge in [-0.05, 0) is 48.1 Å². The highest BCUT2D eigenvalue weighted by Gasteiger charge is 2.72. The molecule has 4 rings (SSSR count). The third kappa shape index (κ3) is 5.35. The molecule has 0 saturated carbocycles. The molecule has 0 saturated heterocycles. The van der Waals surface area contributed by atoms with E-state index in [0.29, 0.717) is 0 Å². The second kappa shape index (κ2) is 9.91. The monoisotopic (exact) mass is 563 g/mol. The Labute approximate surface area is 224 Å². The molecule has 12 heteroatoms. The number of hydrogen-bond donors (Lipinski definition) is 2. The Morgan fingerprint density at radius 3 is 2.18 bits per heavy atom. The van der Waals surface area contributed by atoms with E-state index < -0.39 is 55.2 Å². The molecule has 2 amide bonds. The van der Waals surface area contributed by atoms with Crippen molar-refractivity contribution in [3.63, 3.8) is 0 Å². The van der Waals surface area contributed by atoms with E-state index >= 15 is 0 Å². The van der Waals surface area contributed by atoms with Gasteiger partial charge in [-0.1, -0.05) is 44.2 Å². The van der Waals surface area contributed by atoms with E-state index in [-0.39, 0.29) is 37.2 Å². The molecule has 2 N–H and O–H groups in total. The van der Waals surface area contributed by atoms with Crippen LogP contribution in [0, 0.1) is 5.41 Å². The number of sulfonamides is 1. The molecule has 0 radical (unpaired) electrons. The maximum absolute atomic E-state index is 15.0. The zero-order valence-corrected chi connectivity index (χ0v) is 22.4. The van der Waals surface area contributed by atoms with Crippen molar-refractivity contribution in [3.8, 4) is 0 Å². The van der Waals surface area contributed by atoms with Gasteiger partial charge in [-0.2, -0.15) is 17.9 Å². The molecule has 1 aliphatic carbocycles. The number of halogens is 3. The molecule has 0 spiro atoms. The number of Topliss-reactive ketones (excluding diaryl/α,β-unsaturated/α-hetero) is 1. The van der Waals surface area contributed by atoms with Gasteiger partial charge in [0.2, 0.25) is 21.5 Å². The number of benzene rings is 2. The first-order chi connectivity index (χ1) is 18.1. The van der Waals surface area contributed by atoms with Crippen molar-refractivity contribution in [1.29, 1.82) is 0 Å². The van der Waals surface area contributed by atoms with Crippen molar-refractivity contribution in [2.45, 2.75) is 56.6 Å². The Kier molecular flexibility index (Phi) is 7.24. The number of anilines is 1. The number of allylic oxidation sites excluding steroid dienone is 1. The number of alkyl halides is 3.